The fourth-order valence-electron chi connectivity index (χ4n) is 2.15. The van der Waals surface area contributed by atoms with Gasteiger partial charge in [0.25, 0.3) is 0 Å². The number of aliphatic carboxylic acids is 1. The van der Waals surface area contributed by atoms with Gasteiger partial charge in [0.15, 0.2) is 0 Å². The number of aromatic hydroxyl groups is 1. The predicted molar refractivity (Wildman–Crippen MR) is 79.3 cm³/mol. The lowest BCUT2D eigenvalue weighted by molar-refractivity contribution is -0.528. The molecule has 22 heavy (non-hydrogen) atoms. The number of carbonyl (C=O) groups is 1. The fourth-order valence-corrected chi connectivity index (χ4v) is 2.15. The number of carboxylic acid groups (broad SMARTS) is 1. The molecule has 1 atom stereocenters. The summed E-state index contributed by atoms with van der Waals surface area (Å²) in [5.41, 5.74) is 0.715. The third-order valence-electron chi connectivity index (χ3n) is 3.08. The molecule has 0 amide bonds. The molecule has 0 saturated carbocycles. The van der Waals surface area contributed by atoms with Crippen molar-refractivity contribution in [3.63, 3.8) is 0 Å². The summed E-state index contributed by atoms with van der Waals surface area (Å²) in [6.07, 6.45) is -1.33. The first kappa shape index (κ1) is 15.3. The molecule has 0 spiro atoms. The summed E-state index contributed by atoms with van der Waals surface area (Å²) in [6.45, 7) is -0.536. The van der Waals surface area contributed by atoms with Gasteiger partial charge in [0.2, 0.25) is 0 Å². The van der Waals surface area contributed by atoms with Crippen LogP contribution in [0.15, 0.2) is 54.6 Å². The lowest BCUT2D eigenvalue weighted by atomic mass is 10.1. The van der Waals surface area contributed by atoms with Crippen molar-refractivity contribution in [2.75, 3.05) is 11.4 Å². The van der Waals surface area contributed by atoms with Crippen LogP contribution in [-0.2, 0) is 4.79 Å². The quantitative estimate of drug-likeness (QED) is 0.482. The highest BCUT2D eigenvalue weighted by Crippen LogP contribution is 2.28. The van der Waals surface area contributed by atoms with Crippen LogP contribution in [0, 0.1) is 10.1 Å². The zero-order valence-corrected chi connectivity index (χ0v) is 11.5. The molecule has 0 radical (unpaired) electrons. The van der Waals surface area contributed by atoms with E-state index in [0.717, 1.165) is 4.90 Å². The highest BCUT2D eigenvalue weighted by molar-refractivity contribution is 5.74. The maximum absolute atomic E-state index is 11.5. The third-order valence-corrected chi connectivity index (χ3v) is 3.08. The second-order valence-corrected chi connectivity index (χ2v) is 4.61. The van der Waals surface area contributed by atoms with Gasteiger partial charge in [-0.25, -0.2) is 0 Å². The van der Waals surface area contributed by atoms with Gasteiger partial charge >= 0.3 is 12.1 Å². The minimum Gasteiger partial charge on any atom is -0.508 e. The Morgan fingerprint density at radius 1 is 1.14 bits per heavy atom. The number of nitrogens with zero attached hydrogens (tertiary/aromatic N) is 2. The maximum Gasteiger partial charge on any atom is 0.323 e. The van der Waals surface area contributed by atoms with E-state index in [1.165, 1.54) is 24.3 Å². The van der Waals surface area contributed by atoms with E-state index in [-0.39, 0.29) is 5.75 Å². The monoisotopic (exact) mass is 302 g/mol. The molecule has 0 saturated heterocycles. The summed E-state index contributed by atoms with van der Waals surface area (Å²) < 4.78 is 0. The first-order chi connectivity index (χ1) is 10.5. The van der Waals surface area contributed by atoms with Gasteiger partial charge < -0.3 is 10.2 Å². The van der Waals surface area contributed by atoms with E-state index in [4.69, 9.17) is 5.11 Å². The zero-order chi connectivity index (χ0) is 16.1. The Labute approximate surface area is 126 Å². The molecular weight excluding hydrogens is 288 g/mol. The van der Waals surface area contributed by atoms with Crippen LogP contribution in [0.2, 0.25) is 0 Å². The molecule has 1 unspecified atom stereocenters. The van der Waals surface area contributed by atoms with Gasteiger partial charge in [-0.3, -0.25) is 19.8 Å². The van der Waals surface area contributed by atoms with Gasteiger partial charge in [-0.2, -0.15) is 0 Å². The highest BCUT2D eigenvalue weighted by Gasteiger charge is 2.32. The molecule has 2 rings (SSSR count). The van der Waals surface area contributed by atoms with E-state index in [9.17, 15) is 20.0 Å². The number of benzene rings is 2. The van der Waals surface area contributed by atoms with Crippen LogP contribution in [0.4, 0.5) is 5.69 Å². The molecular formula is C15H14N2O5. The number of phenolic OH excluding ortho intramolecular Hbond substituents is 1. The van der Waals surface area contributed by atoms with E-state index < -0.39 is 23.6 Å². The third kappa shape index (κ3) is 3.51. The number of rotatable bonds is 6. The molecule has 0 aliphatic carbocycles. The SMILES string of the molecule is O=C(O)CN(c1ccc(O)cc1)C(c1ccccc1)[N+](=O)[O-]. The van der Waals surface area contributed by atoms with Crippen molar-refractivity contribution in [3.8, 4) is 5.75 Å². The normalized spacial score (nSPS) is 11.6. The van der Waals surface area contributed by atoms with Crippen LogP contribution < -0.4 is 4.90 Å². The minimum atomic E-state index is -1.33. The second kappa shape index (κ2) is 6.57. The van der Waals surface area contributed by atoms with Crippen molar-refractivity contribution in [3.05, 3.63) is 70.3 Å². The number of nitro groups is 1. The molecule has 0 fully saturated rings. The number of hydrogen-bond donors (Lipinski definition) is 2. The van der Waals surface area contributed by atoms with Gasteiger partial charge in [0.05, 0.1) is 4.92 Å². The Morgan fingerprint density at radius 2 is 1.73 bits per heavy atom. The Morgan fingerprint density at radius 3 is 2.23 bits per heavy atom. The van der Waals surface area contributed by atoms with Gasteiger partial charge in [-0.15, -0.1) is 0 Å². The van der Waals surface area contributed by atoms with Crippen LogP contribution >= 0.6 is 0 Å². The van der Waals surface area contributed by atoms with Crippen LogP contribution in [0.1, 0.15) is 11.7 Å². The lowest BCUT2D eigenvalue weighted by Crippen LogP contribution is -2.37. The van der Waals surface area contributed by atoms with Gasteiger partial charge in [-0.1, -0.05) is 30.3 Å². The molecule has 2 N–H and O–H groups in total. The molecule has 0 bridgehead atoms. The first-order valence-electron chi connectivity index (χ1n) is 6.45. The topological polar surface area (TPSA) is 104 Å². The molecule has 7 nitrogen and oxygen atoms in total. The Balaban J connectivity index is 2.47. The van der Waals surface area contributed by atoms with Crippen LogP contribution in [-0.4, -0.2) is 27.7 Å². The molecule has 0 aromatic heterocycles. The van der Waals surface area contributed by atoms with Crippen LogP contribution in [0.5, 0.6) is 5.75 Å². The highest BCUT2D eigenvalue weighted by atomic mass is 16.6. The summed E-state index contributed by atoms with van der Waals surface area (Å²) in [6, 6.07) is 13.8. The maximum atomic E-state index is 11.5. The largest absolute Gasteiger partial charge is 0.508 e. The van der Waals surface area contributed by atoms with Crippen molar-refractivity contribution in [1.29, 1.82) is 0 Å². The van der Waals surface area contributed by atoms with Crippen molar-refractivity contribution in [1.82, 2.24) is 0 Å². The van der Waals surface area contributed by atoms with E-state index >= 15 is 0 Å². The lowest BCUT2D eigenvalue weighted by Gasteiger charge is -2.26. The second-order valence-electron chi connectivity index (χ2n) is 4.61. The van der Waals surface area contributed by atoms with E-state index in [1.54, 1.807) is 30.3 Å². The van der Waals surface area contributed by atoms with Crippen molar-refractivity contribution < 1.29 is 19.9 Å². The average molecular weight is 302 g/mol. The van der Waals surface area contributed by atoms with Crippen molar-refractivity contribution in [2.45, 2.75) is 6.17 Å². The average Bonchev–Trinajstić information content (AvgIpc) is 2.48. The van der Waals surface area contributed by atoms with Gasteiger partial charge in [0.1, 0.15) is 12.3 Å². The predicted octanol–water partition coefficient (Wildman–Crippen LogP) is 2.26. The summed E-state index contributed by atoms with van der Waals surface area (Å²) in [5, 5.41) is 29.9. The number of anilines is 1. The summed E-state index contributed by atoms with van der Waals surface area (Å²) in [5.74, 6) is -1.19. The van der Waals surface area contributed by atoms with E-state index in [0.29, 0.717) is 11.3 Å². The standard InChI is InChI=1S/C15H14N2O5/c18-13-8-6-12(7-9-13)16(10-14(19)20)15(17(21)22)11-4-2-1-3-5-11/h1-9,15,18H,10H2,(H,19,20). The summed E-state index contributed by atoms with van der Waals surface area (Å²) in [4.78, 5) is 23.2. The zero-order valence-electron chi connectivity index (χ0n) is 11.5. The fraction of sp³-hybridized carbons (Fsp3) is 0.133. The Kier molecular flexibility index (Phi) is 4.57. The van der Waals surface area contributed by atoms with E-state index in [2.05, 4.69) is 0 Å². The summed E-state index contributed by atoms with van der Waals surface area (Å²) in [7, 11) is 0. The molecule has 0 aliphatic rings. The molecule has 2 aromatic carbocycles. The van der Waals surface area contributed by atoms with E-state index in [1.807, 2.05) is 0 Å². The molecule has 0 heterocycles. The smallest absolute Gasteiger partial charge is 0.323 e. The van der Waals surface area contributed by atoms with Gasteiger partial charge in [-0.05, 0) is 24.3 Å². The van der Waals surface area contributed by atoms with Crippen LogP contribution in [0.25, 0.3) is 0 Å². The molecule has 0 aliphatic heterocycles. The number of phenols is 1. The molecule has 7 heteroatoms. The van der Waals surface area contributed by atoms with Gasteiger partial charge in [0, 0.05) is 11.3 Å². The van der Waals surface area contributed by atoms with Crippen molar-refractivity contribution in [2.24, 2.45) is 0 Å². The molecule has 114 valence electrons. The number of carboxylic acids is 1. The van der Waals surface area contributed by atoms with Crippen LogP contribution in [0.3, 0.4) is 0 Å². The van der Waals surface area contributed by atoms with Crippen molar-refractivity contribution >= 4 is 11.7 Å². The minimum absolute atomic E-state index is 0.00334. The summed E-state index contributed by atoms with van der Waals surface area (Å²) >= 11 is 0. The Bertz CT molecular complexity index is 657. The Hall–Kier alpha value is -3.09. The first-order valence-corrected chi connectivity index (χ1v) is 6.45. The number of hydrogen-bond acceptors (Lipinski definition) is 5. The molecule has 2 aromatic rings.